The van der Waals surface area contributed by atoms with Crippen LogP contribution in [0, 0.1) is 6.92 Å². The number of anilines is 1. The molecule has 2 rings (SSSR count). The van der Waals surface area contributed by atoms with Gasteiger partial charge in [0.1, 0.15) is 5.82 Å². The Bertz CT molecular complexity index is 767. The summed E-state index contributed by atoms with van der Waals surface area (Å²) in [4.78, 5) is 22.7. The number of nitrogens with zero attached hydrogens (tertiary/aromatic N) is 2. The van der Waals surface area contributed by atoms with E-state index in [1.165, 1.54) is 4.68 Å². The zero-order valence-corrected chi connectivity index (χ0v) is 13.7. The number of urea groups is 1. The van der Waals surface area contributed by atoms with Crippen molar-refractivity contribution in [3.8, 4) is 11.3 Å². The summed E-state index contributed by atoms with van der Waals surface area (Å²) in [5.41, 5.74) is 0.693. The number of aromatic nitrogens is 2. The van der Waals surface area contributed by atoms with Crippen molar-refractivity contribution in [3.63, 3.8) is 0 Å². The molecule has 1 aromatic carbocycles. The standard InChI is InChI=1S/C16H20N4O4/c1-10-6-4-5-7-11(10)12-8-13(20(3)19-12)18-15(23)17-9-16(2,24)14(21)22/h4-8,24H,9H2,1-3H3,(H,21,22)(H2,17,18,23). The van der Waals surface area contributed by atoms with Crippen LogP contribution in [0.1, 0.15) is 12.5 Å². The number of nitrogens with one attached hydrogen (secondary N) is 2. The number of hydrogen-bond donors (Lipinski definition) is 4. The predicted octanol–water partition coefficient (Wildman–Crippen LogP) is 1.35. The number of carboxylic acids is 1. The maximum absolute atomic E-state index is 11.9. The third-order valence-electron chi connectivity index (χ3n) is 3.60. The topological polar surface area (TPSA) is 116 Å². The van der Waals surface area contributed by atoms with Crippen molar-refractivity contribution in [1.29, 1.82) is 0 Å². The predicted molar refractivity (Wildman–Crippen MR) is 88.7 cm³/mol. The average Bonchev–Trinajstić information content (AvgIpc) is 2.86. The minimum absolute atomic E-state index is 0.420. The van der Waals surface area contributed by atoms with Gasteiger partial charge >= 0.3 is 12.0 Å². The molecule has 0 fully saturated rings. The molecule has 8 heteroatoms. The maximum Gasteiger partial charge on any atom is 0.337 e. The lowest BCUT2D eigenvalue weighted by Crippen LogP contribution is -2.47. The van der Waals surface area contributed by atoms with Gasteiger partial charge in [-0.3, -0.25) is 10.00 Å². The van der Waals surface area contributed by atoms with Crippen LogP contribution in [0.25, 0.3) is 11.3 Å². The van der Waals surface area contributed by atoms with Gasteiger partial charge in [-0.2, -0.15) is 5.10 Å². The Morgan fingerprint density at radius 2 is 2.00 bits per heavy atom. The van der Waals surface area contributed by atoms with E-state index in [1.54, 1.807) is 13.1 Å². The second-order valence-electron chi connectivity index (χ2n) is 5.74. The van der Waals surface area contributed by atoms with Crippen molar-refractivity contribution in [1.82, 2.24) is 15.1 Å². The molecule has 1 atom stereocenters. The highest BCUT2D eigenvalue weighted by Gasteiger charge is 2.30. The second kappa shape index (κ2) is 6.71. The molecule has 0 aliphatic heterocycles. The van der Waals surface area contributed by atoms with Crippen LogP contribution in [0.2, 0.25) is 0 Å². The summed E-state index contributed by atoms with van der Waals surface area (Å²) in [6.07, 6.45) is 0. The van der Waals surface area contributed by atoms with Crippen molar-refractivity contribution in [2.24, 2.45) is 7.05 Å². The number of aryl methyl sites for hydroxylation is 2. The summed E-state index contributed by atoms with van der Waals surface area (Å²) in [6, 6.07) is 8.84. The Morgan fingerprint density at radius 3 is 2.62 bits per heavy atom. The molecular weight excluding hydrogens is 312 g/mol. The average molecular weight is 332 g/mol. The lowest BCUT2D eigenvalue weighted by molar-refractivity contribution is -0.155. The number of rotatable bonds is 5. The van der Waals surface area contributed by atoms with Crippen molar-refractivity contribution >= 4 is 17.8 Å². The number of carbonyl (C=O) groups is 2. The first kappa shape index (κ1) is 17.5. The van der Waals surface area contributed by atoms with Crippen LogP contribution < -0.4 is 10.6 Å². The van der Waals surface area contributed by atoms with Gasteiger partial charge in [-0.1, -0.05) is 24.3 Å². The van der Waals surface area contributed by atoms with Gasteiger partial charge in [0, 0.05) is 18.7 Å². The molecule has 2 aromatic rings. The van der Waals surface area contributed by atoms with E-state index >= 15 is 0 Å². The van der Waals surface area contributed by atoms with E-state index in [4.69, 9.17) is 5.11 Å². The molecule has 1 heterocycles. The van der Waals surface area contributed by atoms with Gasteiger partial charge in [0.2, 0.25) is 0 Å². The third-order valence-corrected chi connectivity index (χ3v) is 3.60. The van der Waals surface area contributed by atoms with Gasteiger partial charge in [0.05, 0.1) is 12.2 Å². The number of carboxylic acid groups (broad SMARTS) is 1. The highest BCUT2D eigenvalue weighted by Crippen LogP contribution is 2.24. The fraction of sp³-hybridized carbons (Fsp3) is 0.312. The van der Waals surface area contributed by atoms with Crippen LogP contribution in [0.5, 0.6) is 0 Å². The third kappa shape index (κ3) is 3.90. The Hall–Kier alpha value is -2.87. The summed E-state index contributed by atoms with van der Waals surface area (Å²) in [6.45, 7) is 2.66. The van der Waals surface area contributed by atoms with Gasteiger partial charge in [-0.05, 0) is 19.4 Å². The Morgan fingerprint density at radius 1 is 1.33 bits per heavy atom. The van der Waals surface area contributed by atoms with E-state index in [2.05, 4.69) is 15.7 Å². The number of aliphatic carboxylic acids is 1. The highest BCUT2D eigenvalue weighted by molar-refractivity contribution is 5.89. The van der Waals surface area contributed by atoms with Gasteiger partial charge in [0.15, 0.2) is 5.60 Å². The number of aliphatic hydroxyl groups is 1. The zero-order chi connectivity index (χ0) is 17.9. The van der Waals surface area contributed by atoms with Crippen molar-refractivity contribution in [2.75, 3.05) is 11.9 Å². The zero-order valence-electron chi connectivity index (χ0n) is 13.7. The van der Waals surface area contributed by atoms with E-state index in [0.717, 1.165) is 18.1 Å². The summed E-state index contributed by atoms with van der Waals surface area (Å²) >= 11 is 0. The van der Waals surface area contributed by atoms with Crippen molar-refractivity contribution in [3.05, 3.63) is 35.9 Å². The maximum atomic E-state index is 11.9. The fourth-order valence-corrected chi connectivity index (χ4v) is 2.06. The fourth-order valence-electron chi connectivity index (χ4n) is 2.06. The summed E-state index contributed by atoms with van der Waals surface area (Å²) in [5.74, 6) is -0.967. The Kier molecular flexibility index (Phi) is 4.89. The normalized spacial score (nSPS) is 13.2. The number of benzene rings is 1. The molecule has 0 aliphatic rings. The van der Waals surface area contributed by atoms with Crippen molar-refractivity contribution < 1.29 is 19.8 Å². The van der Waals surface area contributed by atoms with Crippen molar-refractivity contribution in [2.45, 2.75) is 19.4 Å². The highest BCUT2D eigenvalue weighted by atomic mass is 16.4. The molecule has 1 unspecified atom stereocenters. The first-order valence-corrected chi connectivity index (χ1v) is 7.31. The van der Waals surface area contributed by atoms with Gasteiger partial charge in [-0.25, -0.2) is 9.59 Å². The lowest BCUT2D eigenvalue weighted by atomic mass is 10.1. The quantitative estimate of drug-likeness (QED) is 0.659. The monoisotopic (exact) mass is 332 g/mol. The molecule has 128 valence electrons. The SMILES string of the molecule is Cc1ccccc1-c1cc(NC(=O)NCC(C)(O)C(=O)O)n(C)n1. The molecule has 1 aromatic heterocycles. The molecule has 24 heavy (non-hydrogen) atoms. The minimum atomic E-state index is -2.03. The number of amides is 2. The summed E-state index contributed by atoms with van der Waals surface area (Å²) in [7, 11) is 1.69. The van der Waals surface area contributed by atoms with Crippen LogP contribution in [0.15, 0.2) is 30.3 Å². The van der Waals surface area contributed by atoms with Crippen LogP contribution in [0.4, 0.5) is 10.6 Å². The van der Waals surface area contributed by atoms with Crippen LogP contribution >= 0.6 is 0 Å². The van der Waals surface area contributed by atoms with E-state index in [0.29, 0.717) is 11.5 Å². The first-order chi connectivity index (χ1) is 11.2. The molecule has 0 radical (unpaired) electrons. The molecule has 0 aliphatic carbocycles. The van der Waals surface area contributed by atoms with Gasteiger partial charge < -0.3 is 15.5 Å². The molecule has 0 spiro atoms. The summed E-state index contributed by atoms with van der Waals surface area (Å²) < 4.78 is 1.51. The van der Waals surface area contributed by atoms with E-state index in [9.17, 15) is 14.7 Å². The minimum Gasteiger partial charge on any atom is -0.479 e. The van der Waals surface area contributed by atoms with E-state index in [1.807, 2.05) is 31.2 Å². The van der Waals surface area contributed by atoms with Gasteiger partial charge in [-0.15, -0.1) is 0 Å². The molecule has 0 saturated carbocycles. The second-order valence-corrected chi connectivity index (χ2v) is 5.74. The van der Waals surface area contributed by atoms with E-state index < -0.39 is 24.1 Å². The molecule has 0 bridgehead atoms. The van der Waals surface area contributed by atoms with Gasteiger partial charge in [0.25, 0.3) is 0 Å². The molecule has 0 saturated heterocycles. The molecular formula is C16H20N4O4. The smallest absolute Gasteiger partial charge is 0.337 e. The van der Waals surface area contributed by atoms with Crippen LogP contribution in [-0.4, -0.2) is 44.1 Å². The Balaban J connectivity index is 2.07. The van der Waals surface area contributed by atoms with Crippen LogP contribution in [0.3, 0.4) is 0 Å². The molecule has 4 N–H and O–H groups in total. The molecule has 2 amide bonds. The summed E-state index contributed by atoms with van der Waals surface area (Å²) in [5, 5.41) is 27.7. The Labute approximate surface area is 139 Å². The lowest BCUT2D eigenvalue weighted by Gasteiger charge is -2.18. The largest absolute Gasteiger partial charge is 0.479 e. The number of hydrogen-bond acceptors (Lipinski definition) is 4. The number of carbonyl (C=O) groups excluding carboxylic acids is 1. The first-order valence-electron chi connectivity index (χ1n) is 7.31. The van der Waals surface area contributed by atoms with E-state index in [-0.39, 0.29) is 0 Å². The molecule has 8 nitrogen and oxygen atoms in total. The van der Waals surface area contributed by atoms with Crippen LogP contribution in [-0.2, 0) is 11.8 Å².